The summed E-state index contributed by atoms with van der Waals surface area (Å²) >= 11 is 1.55. The van der Waals surface area contributed by atoms with Gasteiger partial charge in [-0.1, -0.05) is 0 Å². The SMILES string of the molecule is C#CCCC1(CCNC(=O)c2csc(CN3CCN(C)CC3)n2)N=N1. The Balaban J connectivity index is 1.41. The van der Waals surface area contributed by atoms with Crippen molar-refractivity contribution < 1.29 is 4.79 Å². The molecule has 1 N–H and O–H groups in total. The summed E-state index contributed by atoms with van der Waals surface area (Å²) in [6.07, 6.45) is 7.38. The van der Waals surface area contributed by atoms with Crippen LogP contribution >= 0.6 is 11.3 Å². The van der Waals surface area contributed by atoms with E-state index in [4.69, 9.17) is 6.42 Å². The molecule has 2 aliphatic heterocycles. The first kappa shape index (κ1) is 18.0. The molecule has 1 aromatic rings. The van der Waals surface area contributed by atoms with Crippen molar-refractivity contribution in [3.63, 3.8) is 0 Å². The van der Waals surface area contributed by atoms with Crippen LogP contribution in [0, 0.1) is 12.3 Å². The van der Waals surface area contributed by atoms with Crippen LogP contribution in [0.1, 0.15) is 34.8 Å². The minimum atomic E-state index is -0.353. The number of carbonyl (C=O) groups is 1. The molecule has 3 rings (SSSR count). The molecular formula is C17H24N6OS. The van der Waals surface area contributed by atoms with Crippen LogP contribution in [0.5, 0.6) is 0 Å². The van der Waals surface area contributed by atoms with Crippen molar-refractivity contribution in [2.45, 2.75) is 31.5 Å². The number of terminal acetylenes is 1. The highest BCUT2D eigenvalue weighted by atomic mass is 32.1. The Morgan fingerprint density at radius 3 is 2.80 bits per heavy atom. The number of hydrogen-bond acceptors (Lipinski definition) is 7. The largest absolute Gasteiger partial charge is 0.351 e. The Labute approximate surface area is 152 Å². The zero-order valence-electron chi connectivity index (χ0n) is 14.6. The zero-order valence-corrected chi connectivity index (χ0v) is 15.4. The summed E-state index contributed by atoms with van der Waals surface area (Å²) in [4.78, 5) is 21.4. The summed E-state index contributed by atoms with van der Waals surface area (Å²) in [7, 11) is 2.14. The van der Waals surface area contributed by atoms with Crippen LogP contribution in [0.15, 0.2) is 15.6 Å². The molecule has 0 radical (unpaired) electrons. The van der Waals surface area contributed by atoms with Crippen molar-refractivity contribution in [3.05, 3.63) is 16.1 Å². The van der Waals surface area contributed by atoms with Crippen LogP contribution in [0.25, 0.3) is 0 Å². The van der Waals surface area contributed by atoms with E-state index in [9.17, 15) is 4.79 Å². The molecule has 1 fully saturated rings. The van der Waals surface area contributed by atoms with E-state index in [1.807, 2.05) is 5.38 Å². The average molecular weight is 360 g/mol. The van der Waals surface area contributed by atoms with E-state index < -0.39 is 0 Å². The van der Waals surface area contributed by atoms with Crippen LogP contribution in [0.4, 0.5) is 0 Å². The standard InChI is InChI=1S/C17H24N6OS/c1-3-4-5-17(20-21-17)6-7-18-16(24)14-13-25-15(19-14)12-23-10-8-22(2)9-11-23/h1,13H,4-12H2,2H3,(H,18,24). The number of likely N-dealkylation sites (N-methyl/N-ethyl adjacent to an activating group) is 1. The summed E-state index contributed by atoms with van der Waals surface area (Å²) in [5.74, 6) is 2.47. The number of carbonyl (C=O) groups excluding carboxylic acids is 1. The van der Waals surface area contributed by atoms with Gasteiger partial charge in [0.1, 0.15) is 10.7 Å². The first-order chi connectivity index (χ1) is 12.1. The van der Waals surface area contributed by atoms with Gasteiger partial charge in [-0.2, -0.15) is 10.2 Å². The van der Waals surface area contributed by atoms with Gasteiger partial charge in [-0.3, -0.25) is 9.69 Å². The van der Waals surface area contributed by atoms with Crippen molar-refractivity contribution in [1.82, 2.24) is 20.1 Å². The van der Waals surface area contributed by atoms with E-state index in [1.54, 1.807) is 11.3 Å². The van der Waals surface area contributed by atoms with Gasteiger partial charge >= 0.3 is 0 Å². The molecule has 134 valence electrons. The van der Waals surface area contributed by atoms with E-state index >= 15 is 0 Å². The molecule has 7 nitrogen and oxygen atoms in total. The van der Waals surface area contributed by atoms with Crippen LogP contribution in [-0.2, 0) is 6.54 Å². The zero-order chi connectivity index (χ0) is 17.7. The Morgan fingerprint density at radius 2 is 2.12 bits per heavy atom. The molecule has 1 amide bonds. The van der Waals surface area contributed by atoms with Crippen molar-refractivity contribution in [2.24, 2.45) is 10.2 Å². The lowest BCUT2D eigenvalue weighted by Gasteiger charge is -2.31. The second-order valence-electron chi connectivity index (χ2n) is 6.60. The minimum Gasteiger partial charge on any atom is -0.351 e. The highest BCUT2D eigenvalue weighted by molar-refractivity contribution is 7.09. The Kier molecular flexibility index (Phi) is 5.78. The summed E-state index contributed by atoms with van der Waals surface area (Å²) in [6.45, 7) is 5.60. The first-order valence-corrected chi connectivity index (χ1v) is 9.49. The molecule has 0 aromatic carbocycles. The molecule has 2 aliphatic rings. The third-order valence-corrected chi connectivity index (χ3v) is 5.44. The monoisotopic (exact) mass is 360 g/mol. The second kappa shape index (κ2) is 8.04. The number of aromatic nitrogens is 1. The predicted molar refractivity (Wildman–Crippen MR) is 97.5 cm³/mol. The van der Waals surface area contributed by atoms with Crippen LogP contribution in [-0.4, -0.2) is 66.1 Å². The van der Waals surface area contributed by atoms with Crippen LogP contribution in [0.3, 0.4) is 0 Å². The predicted octanol–water partition coefficient (Wildman–Crippen LogP) is 1.59. The Bertz CT molecular complexity index is 665. The molecule has 0 saturated carbocycles. The van der Waals surface area contributed by atoms with Gasteiger partial charge in [0.05, 0.1) is 6.54 Å². The van der Waals surface area contributed by atoms with Gasteiger partial charge in [0.15, 0.2) is 5.66 Å². The van der Waals surface area contributed by atoms with Crippen molar-refractivity contribution in [1.29, 1.82) is 0 Å². The van der Waals surface area contributed by atoms with E-state index in [0.29, 0.717) is 25.1 Å². The van der Waals surface area contributed by atoms with Crippen molar-refractivity contribution in [2.75, 3.05) is 39.8 Å². The summed E-state index contributed by atoms with van der Waals surface area (Å²) in [6, 6.07) is 0. The third kappa shape index (κ3) is 5.08. The number of thiazole rings is 1. The fourth-order valence-corrected chi connectivity index (χ4v) is 3.64. The van der Waals surface area contributed by atoms with Crippen LogP contribution < -0.4 is 5.32 Å². The van der Waals surface area contributed by atoms with E-state index in [0.717, 1.165) is 44.2 Å². The normalized spacial score (nSPS) is 19.5. The Morgan fingerprint density at radius 1 is 1.36 bits per heavy atom. The maximum atomic E-state index is 12.2. The third-order valence-electron chi connectivity index (χ3n) is 4.60. The first-order valence-electron chi connectivity index (χ1n) is 8.61. The highest BCUT2D eigenvalue weighted by Gasteiger charge is 2.38. The fourth-order valence-electron chi connectivity index (χ4n) is 2.82. The van der Waals surface area contributed by atoms with Gasteiger partial charge in [-0.15, -0.1) is 23.7 Å². The molecule has 8 heteroatoms. The maximum absolute atomic E-state index is 12.2. The molecule has 0 spiro atoms. The van der Waals surface area contributed by atoms with Gasteiger partial charge < -0.3 is 10.2 Å². The lowest BCUT2D eigenvalue weighted by molar-refractivity contribution is 0.0947. The second-order valence-corrected chi connectivity index (χ2v) is 7.54. The van der Waals surface area contributed by atoms with Gasteiger partial charge in [-0.25, -0.2) is 4.98 Å². The smallest absolute Gasteiger partial charge is 0.270 e. The molecular weight excluding hydrogens is 336 g/mol. The molecule has 0 aliphatic carbocycles. The van der Waals surface area contributed by atoms with Crippen molar-refractivity contribution in [3.8, 4) is 12.3 Å². The molecule has 25 heavy (non-hydrogen) atoms. The molecule has 1 aromatic heterocycles. The molecule has 0 atom stereocenters. The minimum absolute atomic E-state index is 0.131. The topological polar surface area (TPSA) is 73.2 Å². The summed E-state index contributed by atoms with van der Waals surface area (Å²) in [5, 5.41) is 13.9. The number of nitrogens with one attached hydrogen (secondary N) is 1. The van der Waals surface area contributed by atoms with E-state index in [-0.39, 0.29) is 11.6 Å². The lowest BCUT2D eigenvalue weighted by Crippen LogP contribution is -2.43. The van der Waals surface area contributed by atoms with Gasteiger partial charge in [-0.05, 0) is 7.05 Å². The van der Waals surface area contributed by atoms with Crippen molar-refractivity contribution >= 4 is 17.2 Å². The molecule has 3 heterocycles. The number of amides is 1. The lowest BCUT2D eigenvalue weighted by atomic mass is 10.0. The van der Waals surface area contributed by atoms with Gasteiger partial charge in [0.2, 0.25) is 0 Å². The summed E-state index contributed by atoms with van der Waals surface area (Å²) < 4.78 is 0. The fraction of sp³-hybridized carbons (Fsp3) is 0.647. The highest BCUT2D eigenvalue weighted by Crippen LogP contribution is 2.36. The number of piperazine rings is 1. The van der Waals surface area contributed by atoms with Gasteiger partial charge in [0.25, 0.3) is 5.91 Å². The molecule has 0 bridgehead atoms. The average Bonchev–Trinajstić information content (AvgIpc) is 3.22. The van der Waals surface area contributed by atoms with Gasteiger partial charge in [0, 0.05) is 57.4 Å². The van der Waals surface area contributed by atoms with Crippen LogP contribution in [0.2, 0.25) is 0 Å². The number of rotatable bonds is 8. The Hall–Kier alpha value is -1.82. The quantitative estimate of drug-likeness (QED) is 0.715. The summed E-state index contributed by atoms with van der Waals surface area (Å²) in [5.41, 5.74) is 0.144. The number of hydrogen-bond donors (Lipinski definition) is 1. The van der Waals surface area contributed by atoms with E-state index in [2.05, 4.69) is 43.3 Å². The molecule has 0 unspecified atom stereocenters. The number of nitrogens with zero attached hydrogens (tertiary/aromatic N) is 5. The molecule has 1 saturated heterocycles. The van der Waals surface area contributed by atoms with E-state index in [1.165, 1.54) is 0 Å². The maximum Gasteiger partial charge on any atom is 0.270 e.